The Balaban J connectivity index is 2.59. The molecule has 0 aliphatic heterocycles. The highest BCUT2D eigenvalue weighted by molar-refractivity contribution is 7.92. The highest BCUT2D eigenvalue weighted by Crippen LogP contribution is 2.30. The maximum Gasteiger partial charge on any atom is 0.271 e. The van der Waals surface area contributed by atoms with Crippen molar-refractivity contribution < 1.29 is 22.9 Å². The van der Waals surface area contributed by atoms with Gasteiger partial charge in [-0.25, -0.2) is 8.42 Å². The van der Waals surface area contributed by atoms with E-state index in [4.69, 9.17) is 23.2 Å². The zero-order valence-electron chi connectivity index (χ0n) is 21.9. The Bertz CT molecular complexity index is 1280. The molecule has 0 saturated carbocycles. The molecule has 2 atom stereocenters. The molecule has 0 aromatic heterocycles. The molecule has 2 amide bonds. The minimum absolute atomic E-state index is 0.0112. The Labute approximate surface area is 233 Å². The highest BCUT2D eigenvalue weighted by Gasteiger charge is 2.33. The van der Waals surface area contributed by atoms with E-state index in [1.54, 1.807) is 32.0 Å². The number of rotatable bonds is 12. The summed E-state index contributed by atoms with van der Waals surface area (Å²) < 4.78 is 26.4. The Morgan fingerprint density at radius 2 is 1.71 bits per heavy atom. The van der Waals surface area contributed by atoms with Gasteiger partial charge in [0.25, 0.3) is 5.69 Å². The molecule has 2 aromatic rings. The van der Waals surface area contributed by atoms with Gasteiger partial charge in [0.2, 0.25) is 21.8 Å². The van der Waals surface area contributed by atoms with Gasteiger partial charge in [0, 0.05) is 40.3 Å². The second kappa shape index (κ2) is 13.3. The maximum absolute atomic E-state index is 13.8. The molecule has 1 N–H and O–H groups in total. The summed E-state index contributed by atoms with van der Waals surface area (Å²) in [4.78, 5) is 38.9. The van der Waals surface area contributed by atoms with Crippen LogP contribution >= 0.6 is 23.2 Å². The molecule has 38 heavy (non-hydrogen) atoms. The summed E-state index contributed by atoms with van der Waals surface area (Å²) in [5.74, 6) is -1.11. The standard InChI is InChI=1S/C25H32Cl2N4O6S/c1-6-17(4)28-25(33)22(7-2)29(14-19-20(26)9-8-10-21(19)27)24(32)15-30(38(5,36)37)23-13-18(31(34)35)12-11-16(23)3/h8-13,17,22H,6-7,14-15H2,1-5H3,(H,28,33). The van der Waals surface area contributed by atoms with Gasteiger partial charge in [-0.1, -0.05) is 49.2 Å². The Kier molecular flexibility index (Phi) is 10.9. The van der Waals surface area contributed by atoms with Gasteiger partial charge in [-0.2, -0.15) is 0 Å². The molecule has 0 spiro atoms. The quantitative estimate of drug-likeness (QED) is 0.283. The van der Waals surface area contributed by atoms with Gasteiger partial charge < -0.3 is 10.2 Å². The van der Waals surface area contributed by atoms with E-state index >= 15 is 0 Å². The molecular formula is C25H32Cl2N4O6S. The molecule has 2 aromatic carbocycles. The van der Waals surface area contributed by atoms with Gasteiger partial charge in [-0.3, -0.25) is 24.0 Å². The fourth-order valence-corrected chi connectivity index (χ4v) is 5.21. The zero-order valence-corrected chi connectivity index (χ0v) is 24.2. The number of non-ortho nitro benzene ring substituents is 1. The molecule has 2 rings (SSSR count). The van der Waals surface area contributed by atoms with Crippen LogP contribution in [0.4, 0.5) is 11.4 Å². The number of nitrogens with one attached hydrogen (secondary N) is 1. The molecule has 2 unspecified atom stereocenters. The molecule has 0 radical (unpaired) electrons. The lowest BCUT2D eigenvalue weighted by Gasteiger charge is -2.34. The van der Waals surface area contributed by atoms with Crippen molar-refractivity contribution in [1.82, 2.24) is 10.2 Å². The van der Waals surface area contributed by atoms with E-state index in [2.05, 4.69) is 5.32 Å². The minimum atomic E-state index is -4.07. The normalized spacial score (nSPS) is 12.9. The van der Waals surface area contributed by atoms with Gasteiger partial charge in [0.05, 0.1) is 16.9 Å². The number of sulfonamides is 1. The largest absolute Gasteiger partial charge is 0.352 e. The Morgan fingerprint density at radius 1 is 1.11 bits per heavy atom. The number of carbonyl (C=O) groups is 2. The van der Waals surface area contributed by atoms with Crippen LogP contribution in [0.5, 0.6) is 0 Å². The predicted molar refractivity (Wildman–Crippen MR) is 149 cm³/mol. The first-order valence-corrected chi connectivity index (χ1v) is 14.6. The lowest BCUT2D eigenvalue weighted by Crippen LogP contribution is -2.53. The number of carbonyl (C=O) groups excluding carboxylic acids is 2. The van der Waals surface area contributed by atoms with Gasteiger partial charge in [0.15, 0.2) is 0 Å². The SMILES string of the molecule is CCC(C)NC(=O)C(CC)N(Cc1c(Cl)cccc1Cl)C(=O)CN(c1cc([N+](=O)[O-])ccc1C)S(C)(=O)=O. The van der Waals surface area contributed by atoms with Gasteiger partial charge >= 0.3 is 0 Å². The smallest absolute Gasteiger partial charge is 0.271 e. The number of nitro benzene ring substituents is 1. The lowest BCUT2D eigenvalue weighted by atomic mass is 10.1. The monoisotopic (exact) mass is 586 g/mol. The molecule has 10 nitrogen and oxygen atoms in total. The Hall–Kier alpha value is -2.89. The molecule has 13 heteroatoms. The van der Waals surface area contributed by atoms with Crippen LogP contribution in [-0.2, 0) is 26.2 Å². The number of amides is 2. The van der Waals surface area contributed by atoms with Crippen LogP contribution in [0, 0.1) is 17.0 Å². The number of nitrogens with zero attached hydrogens (tertiary/aromatic N) is 3. The second-order valence-corrected chi connectivity index (χ2v) is 11.7. The molecule has 208 valence electrons. The first kappa shape index (κ1) is 31.3. The van der Waals surface area contributed by atoms with Crippen molar-refractivity contribution in [2.45, 2.75) is 59.2 Å². The molecule has 0 fully saturated rings. The molecular weight excluding hydrogens is 555 g/mol. The van der Waals surface area contributed by atoms with E-state index in [0.717, 1.165) is 16.6 Å². The summed E-state index contributed by atoms with van der Waals surface area (Å²) >= 11 is 12.7. The summed E-state index contributed by atoms with van der Waals surface area (Å²) in [5.41, 5.74) is 0.473. The summed E-state index contributed by atoms with van der Waals surface area (Å²) in [6.07, 6.45) is 1.80. The predicted octanol–water partition coefficient (Wildman–Crippen LogP) is 4.70. The van der Waals surface area contributed by atoms with Crippen molar-refractivity contribution in [3.8, 4) is 0 Å². The fourth-order valence-electron chi connectivity index (χ4n) is 3.79. The van der Waals surface area contributed by atoms with Crippen LogP contribution in [0.2, 0.25) is 10.0 Å². The van der Waals surface area contributed by atoms with E-state index in [0.29, 0.717) is 17.5 Å². The number of hydrogen-bond acceptors (Lipinski definition) is 6. The van der Waals surface area contributed by atoms with Crippen molar-refractivity contribution in [1.29, 1.82) is 0 Å². The molecule has 0 saturated heterocycles. The van der Waals surface area contributed by atoms with Crippen LogP contribution in [0.3, 0.4) is 0 Å². The summed E-state index contributed by atoms with van der Waals surface area (Å²) in [6.45, 7) is 6.19. The second-order valence-electron chi connectivity index (χ2n) is 8.96. The topological polar surface area (TPSA) is 130 Å². The van der Waals surface area contributed by atoms with E-state index < -0.39 is 39.3 Å². The van der Waals surface area contributed by atoms with Crippen molar-refractivity contribution in [3.63, 3.8) is 0 Å². The maximum atomic E-state index is 13.8. The number of aryl methyl sites for hydroxylation is 1. The zero-order chi connectivity index (χ0) is 28.8. The van der Waals surface area contributed by atoms with Crippen molar-refractivity contribution >= 4 is 56.4 Å². The van der Waals surface area contributed by atoms with Crippen LogP contribution in [0.25, 0.3) is 0 Å². The molecule has 0 bridgehead atoms. The highest BCUT2D eigenvalue weighted by atomic mass is 35.5. The molecule has 0 heterocycles. The average molecular weight is 588 g/mol. The van der Waals surface area contributed by atoms with E-state index in [9.17, 15) is 28.1 Å². The van der Waals surface area contributed by atoms with E-state index in [-0.39, 0.29) is 40.4 Å². The van der Waals surface area contributed by atoms with E-state index in [1.165, 1.54) is 17.0 Å². The van der Waals surface area contributed by atoms with Gasteiger partial charge in [0.1, 0.15) is 12.6 Å². The molecule has 0 aliphatic carbocycles. The third-order valence-corrected chi connectivity index (χ3v) is 7.96. The van der Waals surface area contributed by atoms with Crippen LogP contribution < -0.4 is 9.62 Å². The van der Waals surface area contributed by atoms with Crippen LogP contribution in [0.15, 0.2) is 36.4 Å². The lowest BCUT2D eigenvalue weighted by molar-refractivity contribution is -0.384. The first-order valence-electron chi connectivity index (χ1n) is 12.0. The Morgan fingerprint density at radius 3 is 2.21 bits per heavy atom. The van der Waals surface area contributed by atoms with Gasteiger partial charge in [-0.05, 0) is 44.4 Å². The van der Waals surface area contributed by atoms with Crippen molar-refractivity contribution in [2.75, 3.05) is 17.1 Å². The van der Waals surface area contributed by atoms with E-state index in [1.807, 2.05) is 13.8 Å². The summed E-state index contributed by atoms with van der Waals surface area (Å²) in [7, 11) is -4.07. The third kappa shape index (κ3) is 7.81. The minimum Gasteiger partial charge on any atom is -0.352 e. The number of nitro groups is 1. The van der Waals surface area contributed by atoms with Crippen molar-refractivity contribution in [2.24, 2.45) is 0 Å². The number of benzene rings is 2. The summed E-state index contributed by atoms with van der Waals surface area (Å²) in [6, 6.07) is 7.48. The van der Waals surface area contributed by atoms with Crippen LogP contribution in [-0.4, -0.2) is 54.9 Å². The number of anilines is 1. The number of halogens is 2. The molecule has 0 aliphatic rings. The van der Waals surface area contributed by atoms with Crippen molar-refractivity contribution in [3.05, 3.63) is 67.7 Å². The first-order chi connectivity index (χ1) is 17.7. The fraction of sp³-hybridized carbons (Fsp3) is 0.440. The van der Waals surface area contributed by atoms with Crippen LogP contribution in [0.1, 0.15) is 44.7 Å². The van der Waals surface area contributed by atoms with Gasteiger partial charge in [-0.15, -0.1) is 0 Å². The average Bonchev–Trinajstić information content (AvgIpc) is 2.83. The number of hydrogen-bond donors (Lipinski definition) is 1. The summed E-state index contributed by atoms with van der Waals surface area (Å²) in [5, 5.41) is 14.8. The third-order valence-electron chi connectivity index (χ3n) is 6.13.